The van der Waals surface area contributed by atoms with Gasteiger partial charge in [-0.2, -0.15) is 0 Å². The molecule has 92 valence electrons. The highest BCUT2D eigenvalue weighted by atomic mass is 16.3. The Morgan fingerprint density at radius 2 is 1.82 bits per heavy atom. The summed E-state index contributed by atoms with van der Waals surface area (Å²) in [6.07, 6.45) is 8.74. The molecule has 0 radical (unpaired) electrons. The van der Waals surface area contributed by atoms with Crippen LogP contribution in [-0.2, 0) is 0 Å². The van der Waals surface area contributed by atoms with E-state index in [4.69, 9.17) is 0 Å². The minimum atomic E-state index is -0.389. The molecule has 0 aromatic carbocycles. The Hall–Kier alpha value is -1.02. The van der Waals surface area contributed by atoms with Crippen LogP contribution in [0.1, 0.15) is 43.1 Å². The van der Waals surface area contributed by atoms with Gasteiger partial charge >= 0.3 is 0 Å². The molecule has 0 spiro atoms. The summed E-state index contributed by atoms with van der Waals surface area (Å²) in [4.78, 5) is 0. The lowest BCUT2D eigenvalue weighted by molar-refractivity contribution is -0.0698. The molecular weight excluding hydrogens is 210 g/mol. The number of nitrogens with zero attached hydrogens (tertiary/aromatic N) is 1. The summed E-state index contributed by atoms with van der Waals surface area (Å²) in [5, 5.41) is 10.4. The first-order valence-electron chi connectivity index (χ1n) is 6.65. The van der Waals surface area contributed by atoms with E-state index in [-0.39, 0.29) is 5.60 Å². The molecule has 3 rings (SSSR count). The topological polar surface area (TPSA) is 25.2 Å². The van der Waals surface area contributed by atoms with Crippen molar-refractivity contribution < 1.29 is 5.11 Å². The molecule has 0 unspecified atom stereocenters. The maximum Gasteiger partial charge on any atom is 0.0711 e. The van der Waals surface area contributed by atoms with Gasteiger partial charge in [-0.25, -0.2) is 0 Å². The summed E-state index contributed by atoms with van der Waals surface area (Å²) in [5.41, 5.74) is 2.25. The van der Waals surface area contributed by atoms with Gasteiger partial charge < -0.3 is 9.67 Å². The second-order valence-corrected chi connectivity index (χ2v) is 5.74. The SMILES string of the molecule is Cc1ccc(C)n1[C@@H]1C=C[C@H](C2(O)CCC2)C1. The van der Waals surface area contributed by atoms with Gasteiger partial charge in [-0.15, -0.1) is 0 Å². The zero-order valence-electron chi connectivity index (χ0n) is 10.7. The van der Waals surface area contributed by atoms with E-state index in [1.807, 2.05) is 0 Å². The van der Waals surface area contributed by atoms with Crippen molar-refractivity contribution in [3.63, 3.8) is 0 Å². The lowest BCUT2D eigenvalue weighted by Crippen LogP contribution is -2.43. The highest BCUT2D eigenvalue weighted by Gasteiger charge is 2.43. The van der Waals surface area contributed by atoms with Gasteiger partial charge in [0.15, 0.2) is 0 Å². The normalized spacial score (nSPS) is 30.5. The Morgan fingerprint density at radius 3 is 2.35 bits per heavy atom. The van der Waals surface area contributed by atoms with Crippen molar-refractivity contribution >= 4 is 0 Å². The molecule has 2 aliphatic rings. The van der Waals surface area contributed by atoms with Gasteiger partial charge in [0.1, 0.15) is 0 Å². The van der Waals surface area contributed by atoms with Crippen molar-refractivity contribution in [2.45, 2.75) is 51.2 Å². The zero-order chi connectivity index (χ0) is 12.0. The summed E-state index contributed by atoms with van der Waals surface area (Å²) in [7, 11) is 0. The summed E-state index contributed by atoms with van der Waals surface area (Å²) in [6, 6.07) is 4.79. The molecule has 1 aromatic heterocycles. The molecule has 2 atom stereocenters. The summed E-state index contributed by atoms with van der Waals surface area (Å²) >= 11 is 0. The first-order chi connectivity index (χ1) is 8.10. The van der Waals surface area contributed by atoms with Gasteiger partial charge in [0, 0.05) is 17.3 Å². The predicted octanol–water partition coefficient (Wildman–Crippen LogP) is 3.14. The molecule has 0 amide bonds. The smallest absolute Gasteiger partial charge is 0.0711 e. The Morgan fingerprint density at radius 1 is 1.18 bits per heavy atom. The second-order valence-electron chi connectivity index (χ2n) is 5.74. The predicted molar refractivity (Wildman–Crippen MR) is 69.0 cm³/mol. The zero-order valence-corrected chi connectivity index (χ0v) is 10.7. The number of aryl methyl sites for hydroxylation is 2. The Balaban J connectivity index is 1.79. The van der Waals surface area contributed by atoms with Crippen molar-refractivity contribution in [1.29, 1.82) is 0 Å². The van der Waals surface area contributed by atoms with Crippen molar-refractivity contribution in [3.05, 3.63) is 35.7 Å². The highest BCUT2D eigenvalue weighted by Crippen LogP contribution is 2.45. The fraction of sp³-hybridized carbons (Fsp3) is 0.600. The monoisotopic (exact) mass is 231 g/mol. The molecule has 0 aliphatic heterocycles. The molecule has 2 aliphatic carbocycles. The van der Waals surface area contributed by atoms with Crippen LogP contribution in [0.2, 0.25) is 0 Å². The van der Waals surface area contributed by atoms with Gasteiger partial charge in [-0.3, -0.25) is 0 Å². The summed E-state index contributed by atoms with van der Waals surface area (Å²) in [6.45, 7) is 4.32. The summed E-state index contributed by atoms with van der Waals surface area (Å²) < 4.78 is 2.39. The third-order valence-corrected chi connectivity index (χ3v) is 4.63. The highest BCUT2D eigenvalue weighted by molar-refractivity contribution is 5.21. The number of aliphatic hydroxyl groups is 1. The average Bonchev–Trinajstić information content (AvgIpc) is 2.83. The van der Waals surface area contributed by atoms with Crippen LogP contribution in [0.15, 0.2) is 24.3 Å². The molecular formula is C15H21NO. The maximum atomic E-state index is 10.4. The third-order valence-electron chi connectivity index (χ3n) is 4.63. The minimum absolute atomic E-state index is 0.363. The van der Waals surface area contributed by atoms with Crippen molar-refractivity contribution in [2.24, 2.45) is 5.92 Å². The standard InChI is InChI=1S/C15H21NO/c1-11-4-5-12(2)16(11)14-7-6-13(10-14)15(17)8-3-9-15/h4-7,13-14,17H,3,8-10H2,1-2H3/t13-,14+/m0/s1. The van der Waals surface area contributed by atoms with Gasteiger partial charge in [0.05, 0.1) is 11.6 Å². The molecule has 1 heterocycles. The van der Waals surface area contributed by atoms with E-state index >= 15 is 0 Å². The van der Waals surface area contributed by atoms with E-state index < -0.39 is 0 Å². The molecule has 1 aromatic rings. The van der Waals surface area contributed by atoms with Crippen LogP contribution in [0.3, 0.4) is 0 Å². The Kier molecular flexibility index (Phi) is 2.44. The van der Waals surface area contributed by atoms with E-state index in [1.165, 1.54) is 17.8 Å². The lowest BCUT2D eigenvalue weighted by Gasteiger charge is -2.41. The van der Waals surface area contributed by atoms with E-state index in [0.717, 1.165) is 19.3 Å². The van der Waals surface area contributed by atoms with Gasteiger partial charge in [0.2, 0.25) is 0 Å². The molecule has 0 bridgehead atoms. The quantitative estimate of drug-likeness (QED) is 0.777. The first kappa shape index (κ1) is 11.1. The minimum Gasteiger partial charge on any atom is -0.389 e. The number of aromatic nitrogens is 1. The van der Waals surface area contributed by atoms with E-state index in [2.05, 4.69) is 42.7 Å². The number of allylic oxidation sites excluding steroid dienone is 1. The van der Waals surface area contributed by atoms with E-state index in [1.54, 1.807) is 0 Å². The second kappa shape index (κ2) is 3.74. The van der Waals surface area contributed by atoms with Crippen LogP contribution in [-0.4, -0.2) is 15.3 Å². The molecule has 17 heavy (non-hydrogen) atoms. The molecule has 1 saturated carbocycles. The number of hydrogen-bond donors (Lipinski definition) is 1. The van der Waals surface area contributed by atoms with Gasteiger partial charge in [0.25, 0.3) is 0 Å². The fourth-order valence-electron chi connectivity index (χ4n) is 3.38. The Bertz CT molecular complexity index is 434. The lowest BCUT2D eigenvalue weighted by atomic mass is 9.71. The third kappa shape index (κ3) is 1.66. The Labute approximate surface area is 103 Å². The molecule has 2 nitrogen and oxygen atoms in total. The van der Waals surface area contributed by atoms with Crippen LogP contribution in [0, 0.1) is 19.8 Å². The van der Waals surface area contributed by atoms with Crippen LogP contribution in [0.4, 0.5) is 0 Å². The largest absolute Gasteiger partial charge is 0.389 e. The van der Waals surface area contributed by atoms with Crippen molar-refractivity contribution in [1.82, 2.24) is 4.57 Å². The van der Waals surface area contributed by atoms with Crippen molar-refractivity contribution in [2.75, 3.05) is 0 Å². The maximum absolute atomic E-state index is 10.4. The van der Waals surface area contributed by atoms with Crippen LogP contribution in [0.25, 0.3) is 0 Å². The summed E-state index contributed by atoms with van der Waals surface area (Å²) in [5.74, 6) is 0.363. The molecule has 1 N–H and O–H groups in total. The molecule has 1 fully saturated rings. The first-order valence-corrected chi connectivity index (χ1v) is 6.65. The molecule has 0 saturated heterocycles. The van der Waals surface area contributed by atoms with Gasteiger partial charge in [-0.1, -0.05) is 12.2 Å². The molecule has 2 heteroatoms. The van der Waals surface area contributed by atoms with Crippen LogP contribution < -0.4 is 0 Å². The fourth-order valence-corrected chi connectivity index (χ4v) is 3.38. The van der Waals surface area contributed by atoms with Crippen molar-refractivity contribution in [3.8, 4) is 0 Å². The van der Waals surface area contributed by atoms with E-state index in [0.29, 0.717) is 12.0 Å². The van der Waals surface area contributed by atoms with E-state index in [9.17, 15) is 5.11 Å². The number of rotatable bonds is 2. The van der Waals surface area contributed by atoms with Gasteiger partial charge in [-0.05, 0) is 51.7 Å². The van der Waals surface area contributed by atoms with Crippen LogP contribution >= 0.6 is 0 Å². The van der Waals surface area contributed by atoms with Crippen LogP contribution in [0.5, 0.6) is 0 Å². The average molecular weight is 231 g/mol. The number of hydrogen-bond acceptors (Lipinski definition) is 1.